The standard InChI is InChI=1S/C38H22.C8H6.C6H2Br4/c1-5-13-31(14-6-1)21-25-35-29-37(27-23-33-17-9-3-10-18-33)38(28-24-34-19-11-4-12-20-34)30-36(35)26-22-32-15-7-2-8-16-32;1-2-8-6-4-3-5-7-8;7-3-1-4(8)6(10)2-5(3)9/h1-20,29-30H;1,3-7H;1-2H. The van der Waals surface area contributed by atoms with Crippen LogP contribution in [0, 0.1) is 59.7 Å². The molecule has 0 amide bonds. The van der Waals surface area contributed by atoms with E-state index in [-0.39, 0.29) is 0 Å². The number of hydrogen-bond donors (Lipinski definition) is 0. The van der Waals surface area contributed by atoms with Gasteiger partial charge < -0.3 is 0 Å². The SMILES string of the molecule is Brc1cc(Br)c(Br)cc1Br.C#Cc1ccccc1.C(#Cc1cc(C#Cc2ccccc2)c(C#Cc2ccccc2)cc1C#Cc1ccccc1)c1ccccc1. The van der Waals surface area contributed by atoms with E-state index in [4.69, 9.17) is 6.42 Å². The van der Waals surface area contributed by atoms with Crippen LogP contribution in [-0.4, -0.2) is 0 Å². The monoisotopic (exact) mass is 970 g/mol. The van der Waals surface area contributed by atoms with E-state index >= 15 is 0 Å². The lowest BCUT2D eigenvalue weighted by Gasteiger charge is -2.03. The van der Waals surface area contributed by atoms with Crippen molar-refractivity contribution in [2.45, 2.75) is 0 Å². The van der Waals surface area contributed by atoms with Crippen molar-refractivity contribution in [3.05, 3.63) is 244 Å². The summed E-state index contributed by atoms with van der Waals surface area (Å²) in [5.74, 6) is 29.0. The lowest BCUT2D eigenvalue weighted by molar-refractivity contribution is 1.50. The maximum Gasteiger partial charge on any atom is 0.0419 e. The van der Waals surface area contributed by atoms with E-state index in [0.717, 1.165) is 68.0 Å². The quantitative estimate of drug-likeness (QED) is 0.105. The lowest BCUT2D eigenvalue weighted by Crippen LogP contribution is -1.93. The van der Waals surface area contributed by atoms with Gasteiger partial charge in [-0.15, -0.1) is 6.42 Å². The molecule has 0 nitrogen and oxygen atoms in total. The van der Waals surface area contributed by atoms with Gasteiger partial charge in [-0.05, 0) is 149 Å². The molecule has 7 aromatic rings. The molecule has 0 bridgehead atoms. The molecule has 7 rings (SSSR count). The third kappa shape index (κ3) is 13.8. The Morgan fingerprint density at radius 2 is 0.482 bits per heavy atom. The van der Waals surface area contributed by atoms with Gasteiger partial charge in [-0.1, -0.05) is 144 Å². The average Bonchev–Trinajstić information content (AvgIpc) is 3.25. The van der Waals surface area contributed by atoms with Crippen molar-refractivity contribution in [2.75, 3.05) is 0 Å². The summed E-state index contributed by atoms with van der Waals surface area (Å²) in [6.45, 7) is 0. The highest BCUT2D eigenvalue weighted by Crippen LogP contribution is 2.32. The van der Waals surface area contributed by atoms with Crippen LogP contribution in [-0.2, 0) is 0 Å². The van der Waals surface area contributed by atoms with Crippen molar-refractivity contribution in [2.24, 2.45) is 0 Å². The molecular weight excluding hydrogens is 944 g/mol. The van der Waals surface area contributed by atoms with Crippen LogP contribution in [0.25, 0.3) is 0 Å². The number of terminal acetylenes is 1. The molecule has 0 heterocycles. The summed E-state index contributed by atoms with van der Waals surface area (Å²) >= 11 is 13.5. The highest BCUT2D eigenvalue weighted by molar-refractivity contribution is 9.14. The minimum Gasteiger partial charge on any atom is -0.115 e. The van der Waals surface area contributed by atoms with Crippen LogP contribution in [0.3, 0.4) is 0 Å². The summed E-state index contributed by atoms with van der Waals surface area (Å²) < 4.78 is 4.18. The number of rotatable bonds is 0. The van der Waals surface area contributed by atoms with E-state index in [1.54, 1.807) is 0 Å². The second-order valence-electron chi connectivity index (χ2n) is 11.6. The first-order valence-corrected chi connectivity index (χ1v) is 20.3. The van der Waals surface area contributed by atoms with Crippen molar-refractivity contribution in [1.29, 1.82) is 0 Å². The predicted octanol–water partition coefficient (Wildman–Crippen LogP) is 13.7. The maximum atomic E-state index is 5.10. The molecule has 0 aliphatic rings. The maximum absolute atomic E-state index is 5.10. The summed E-state index contributed by atoms with van der Waals surface area (Å²) in [5.41, 5.74) is 7.99. The van der Waals surface area contributed by atoms with Crippen molar-refractivity contribution in [3.8, 4) is 59.7 Å². The Hall–Kier alpha value is -5.74. The summed E-state index contributed by atoms with van der Waals surface area (Å²) in [6.07, 6.45) is 5.10. The van der Waals surface area contributed by atoms with Gasteiger partial charge in [-0.3, -0.25) is 0 Å². The van der Waals surface area contributed by atoms with Crippen LogP contribution in [0.5, 0.6) is 0 Å². The van der Waals surface area contributed by atoms with Gasteiger partial charge in [0.25, 0.3) is 0 Å². The van der Waals surface area contributed by atoms with Gasteiger partial charge >= 0.3 is 0 Å². The predicted molar refractivity (Wildman–Crippen MR) is 248 cm³/mol. The van der Waals surface area contributed by atoms with E-state index < -0.39 is 0 Å². The second-order valence-corrected chi connectivity index (χ2v) is 15.0. The van der Waals surface area contributed by atoms with Crippen LogP contribution in [0.2, 0.25) is 0 Å². The second kappa shape index (κ2) is 22.6. The molecule has 0 radical (unpaired) electrons. The number of benzene rings is 7. The Kier molecular flexibility index (Phi) is 16.7. The van der Waals surface area contributed by atoms with Crippen molar-refractivity contribution in [1.82, 2.24) is 0 Å². The third-order valence-electron chi connectivity index (χ3n) is 7.52. The molecular formula is C52H30Br4. The van der Waals surface area contributed by atoms with E-state index in [0.29, 0.717) is 0 Å². The van der Waals surface area contributed by atoms with Crippen molar-refractivity contribution >= 4 is 63.7 Å². The molecule has 0 unspecified atom stereocenters. The molecule has 0 saturated heterocycles. The largest absolute Gasteiger partial charge is 0.115 e. The zero-order valence-electron chi connectivity index (χ0n) is 29.8. The molecule has 0 atom stereocenters. The fraction of sp³-hybridized carbons (Fsp3) is 0. The smallest absolute Gasteiger partial charge is 0.0419 e. The van der Waals surface area contributed by atoms with Crippen LogP contribution in [0.4, 0.5) is 0 Å². The van der Waals surface area contributed by atoms with Crippen molar-refractivity contribution in [3.63, 3.8) is 0 Å². The van der Waals surface area contributed by atoms with Gasteiger partial charge in [0, 0.05) is 68.0 Å². The van der Waals surface area contributed by atoms with E-state index in [1.165, 1.54) is 0 Å². The van der Waals surface area contributed by atoms with E-state index in [2.05, 4.69) is 117 Å². The first kappa shape index (κ1) is 41.4. The van der Waals surface area contributed by atoms with Gasteiger partial charge in [-0.2, -0.15) is 0 Å². The Morgan fingerprint density at radius 3 is 0.679 bits per heavy atom. The molecule has 0 N–H and O–H groups in total. The minimum atomic E-state index is 0.819. The molecule has 0 aliphatic heterocycles. The summed E-state index contributed by atoms with van der Waals surface area (Å²) in [7, 11) is 0. The molecule has 0 saturated carbocycles. The van der Waals surface area contributed by atoms with Gasteiger partial charge in [0.15, 0.2) is 0 Å². The van der Waals surface area contributed by atoms with Crippen LogP contribution < -0.4 is 0 Å². The molecule has 266 valence electrons. The molecule has 56 heavy (non-hydrogen) atoms. The van der Waals surface area contributed by atoms with Gasteiger partial charge in [0.1, 0.15) is 0 Å². The number of hydrogen-bond acceptors (Lipinski definition) is 0. The summed E-state index contributed by atoms with van der Waals surface area (Å²) in [6, 6.07) is 57.4. The molecule has 4 heteroatoms. The lowest BCUT2D eigenvalue weighted by atomic mass is 9.97. The number of halogens is 4. The zero-order chi connectivity index (χ0) is 39.4. The van der Waals surface area contributed by atoms with Gasteiger partial charge in [0.05, 0.1) is 0 Å². The van der Waals surface area contributed by atoms with Gasteiger partial charge in [-0.25, -0.2) is 0 Å². The Balaban J connectivity index is 0.000000272. The molecule has 7 aromatic carbocycles. The Morgan fingerprint density at radius 1 is 0.268 bits per heavy atom. The molecule has 0 spiro atoms. The van der Waals surface area contributed by atoms with E-state index in [1.807, 2.05) is 176 Å². The van der Waals surface area contributed by atoms with Crippen LogP contribution >= 0.6 is 63.7 Å². The molecule has 0 aromatic heterocycles. The van der Waals surface area contributed by atoms with Crippen molar-refractivity contribution < 1.29 is 0 Å². The highest BCUT2D eigenvalue weighted by atomic mass is 79.9. The third-order valence-corrected chi connectivity index (χ3v) is 11.2. The van der Waals surface area contributed by atoms with Crippen LogP contribution in [0.15, 0.2) is 194 Å². The van der Waals surface area contributed by atoms with Crippen LogP contribution in [0.1, 0.15) is 50.1 Å². The minimum absolute atomic E-state index is 0.819. The van der Waals surface area contributed by atoms with Gasteiger partial charge in [0.2, 0.25) is 0 Å². The fourth-order valence-corrected chi connectivity index (χ4v) is 6.68. The molecule has 0 fully saturated rings. The highest BCUT2D eigenvalue weighted by Gasteiger charge is 2.06. The Labute approximate surface area is 364 Å². The normalized spacial score (nSPS) is 9.20. The first-order chi connectivity index (χ1) is 27.4. The molecule has 0 aliphatic carbocycles. The first-order valence-electron chi connectivity index (χ1n) is 17.2. The topological polar surface area (TPSA) is 0 Å². The average molecular weight is 974 g/mol. The Bertz CT molecular complexity index is 2350. The summed E-state index contributed by atoms with van der Waals surface area (Å²) in [5, 5.41) is 0. The summed E-state index contributed by atoms with van der Waals surface area (Å²) in [4.78, 5) is 0. The van der Waals surface area contributed by atoms with E-state index in [9.17, 15) is 0 Å². The fourth-order valence-electron chi connectivity index (χ4n) is 4.69. The zero-order valence-corrected chi connectivity index (χ0v) is 36.2.